The third-order valence-electron chi connectivity index (χ3n) is 2.27. The summed E-state index contributed by atoms with van der Waals surface area (Å²) in [5.41, 5.74) is 0. The van der Waals surface area contributed by atoms with E-state index in [1.54, 1.807) is 7.11 Å². The first-order chi connectivity index (χ1) is 6.61. The Morgan fingerprint density at radius 1 is 1.57 bits per heavy atom. The lowest BCUT2D eigenvalue weighted by molar-refractivity contribution is -0.137. The molecule has 0 radical (unpaired) electrons. The molecule has 14 heavy (non-hydrogen) atoms. The van der Waals surface area contributed by atoms with E-state index in [-0.39, 0.29) is 6.42 Å². The van der Waals surface area contributed by atoms with Crippen LogP contribution in [0.2, 0.25) is 0 Å². The summed E-state index contributed by atoms with van der Waals surface area (Å²) >= 11 is 0. The van der Waals surface area contributed by atoms with E-state index in [1.807, 2.05) is 0 Å². The number of carboxylic acid groups (broad SMARTS) is 1. The molecule has 0 aliphatic heterocycles. The van der Waals surface area contributed by atoms with Crippen LogP contribution in [0.3, 0.4) is 0 Å². The Morgan fingerprint density at radius 2 is 2.21 bits per heavy atom. The van der Waals surface area contributed by atoms with Gasteiger partial charge in [0.25, 0.3) is 0 Å². The van der Waals surface area contributed by atoms with E-state index in [1.165, 1.54) is 0 Å². The minimum atomic E-state index is -0.722. The van der Waals surface area contributed by atoms with Crippen molar-refractivity contribution in [1.29, 1.82) is 0 Å². The average Bonchev–Trinajstić information content (AvgIpc) is 2.12. The van der Waals surface area contributed by atoms with Crippen LogP contribution in [0.15, 0.2) is 0 Å². The maximum absolute atomic E-state index is 10.3. The third kappa shape index (κ3) is 5.94. The number of nitrogens with zero attached hydrogens (tertiary/aromatic N) is 1. The Morgan fingerprint density at radius 3 is 2.64 bits per heavy atom. The summed E-state index contributed by atoms with van der Waals surface area (Å²) < 4.78 is 5.06. The molecule has 84 valence electrons. The van der Waals surface area contributed by atoms with Crippen molar-refractivity contribution in [3.05, 3.63) is 0 Å². The van der Waals surface area contributed by atoms with Crippen LogP contribution in [0, 0.1) is 0 Å². The number of rotatable bonds is 8. The second kappa shape index (κ2) is 7.76. The highest BCUT2D eigenvalue weighted by molar-refractivity contribution is 5.66. The highest BCUT2D eigenvalue weighted by atomic mass is 16.5. The summed E-state index contributed by atoms with van der Waals surface area (Å²) in [4.78, 5) is 12.6. The largest absolute Gasteiger partial charge is 0.481 e. The topological polar surface area (TPSA) is 49.8 Å². The molecule has 0 aliphatic rings. The van der Waals surface area contributed by atoms with Gasteiger partial charge in [-0.25, -0.2) is 0 Å². The van der Waals surface area contributed by atoms with E-state index in [2.05, 4.69) is 18.7 Å². The molecule has 0 heterocycles. The lowest BCUT2D eigenvalue weighted by atomic mass is 10.2. The van der Waals surface area contributed by atoms with Gasteiger partial charge in [-0.2, -0.15) is 0 Å². The Balaban J connectivity index is 3.72. The highest BCUT2D eigenvalue weighted by Gasteiger charge is 2.11. The molecule has 4 nitrogen and oxygen atoms in total. The van der Waals surface area contributed by atoms with Gasteiger partial charge in [-0.3, -0.25) is 9.69 Å². The number of likely N-dealkylation sites (N-methyl/N-ethyl adjacent to an activating group) is 1. The molecular weight excluding hydrogens is 182 g/mol. The van der Waals surface area contributed by atoms with Crippen molar-refractivity contribution in [3.8, 4) is 0 Å². The molecule has 0 aromatic rings. The molecule has 0 aromatic carbocycles. The van der Waals surface area contributed by atoms with Crippen molar-refractivity contribution in [2.75, 3.05) is 26.8 Å². The summed E-state index contributed by atoms with van der Waals surface area (Å²) in [7, 11) is 1.68. The minimum absolute atomic E-state index is 0.246. The number of carbonyl (C=O) groups is 1. The highest BCUT2D eigenvalue weighted by Crippen LogP contribution is 2.02. The smallest absolute Gasteiger partial charge is 0.303 e. The zero-order chi connectivity index (χ0) is 11.0. The zero-order valence-corrected chi connectivity index (χ0v) is 9.32. The molecule has 1 atom stereocenters. The summed E-state index contributed by atoms with van der Waals surface area (Å²) in [6, 6.07) is 0.360. The number of ether oxygens (including phenoxy) is 1. The maximum Gasteiger partial charge on any atom is 0.303 e. The van der Waals surface area contributed by atoms with Crippen LogP contribution >= 0.6 is 0 Å². The van der Waals surface area contributed by atoms with Gasteiger partial charge in [0.05, 0.1) is 6.61 Å². The normalized spacial score (nSPS) is 13.1. The fourth-order valence-electron chi connectivity index (χ4n) is 1.47. The molecule has 0 aromatic heterocycles. The molecule has 0 bridgehead atoms. The molecular formula is C10H21NO3. The van der Waals surface area contributed by atoms with E-state index >= 15 is 0 Å². The Bertz CT molecular complexity index is 161. The van der Waals surface area contributed by atoms with Gasteiger partial charge in [0.15, 0.2) is 0 Å². The van der Waals surface area contributed by atoms with Gasteiger partial charge in [0, 0.05) is 19.6 Å². The molecule has 0 aliphatic carbocycles. The van der Waals surface area contributed by atoms with Gasteiger partial charge in [0.1, 0.15) is 0 Å². The van der Waals surface area contributed by atoms with Gasteiger partial charge < -0.3 is 9.84 Å². The average molecular weight is 203 g/mol. The second-order valence-electron chi connectivity index (χ2n) is 3.43. The monoisotopic (exact) mass is 203 g/mol. The fraction of sp³-hybridized carbons (Fsp3) is 0.900. The first kappa shape index (κ1) is 13.4. The summed E-state index contributed by atoms with van der Waals surface area (Å²) in [6.07, 6.45) is 0.952. The van der Waals surface area contributed by atoms with Crippen LogP contribution < -0.4 is 0 Å². The van der Waals surface area contributed by atoms with Gasteiger partial charge >= 0.3 is 5.97 Å². The molecule has 1 unspecified atom stereocenters. The molecule has 1 N–H and O–H groups in total. The second-order valence-corrected chi connectivity index (χ2v) is 3.43. The van der Waals surface area contributed by atoms with Crippen molar-refractivity contribution >= 4 is 5.97 Å². The summed E-state index contributed by atoms with van der Waals surface area (Å²) in [6.45, 7) is 6.62. The molecule has 4 heteroatoms. The number of aliphatic carboxylic acids is 1. The Kier molecular flexibility index (Phi) is 7.42. The van der Waals surface area contributed by atoms with E-state index in [4.69, 9.17) is 9.84 Å². The van der Waals surface area contributed by atoms with Crippen LogP contribution in [0.25, 0.3) is 0 Å². The minimum Gasteiger partial charge on any atom is -0.481 e. The van der Waals surface area contributed by atoms with Crippen molar-refractivity contribution < 1.29 is 14.6 Å². The van der Waals surface area contributed by atoms with E-state index < -0.39 is 5.97 Å². The third-order valence-corrected chi connectivity index (χ3v) is 2.27. The lowest BCUT2D eigenvalue weighted by Gasteiger charge is -2.26. The molecule has 0 rings (SSSR count). The van der Waals surface area contributed by atoms with Gasteiger partial charge in [-0.15, -0.1) is 0 Å². The Labute approximate surface area is 85.9 Å². The molecule has 0 saturated carbocycles. The van der Waals surface area contributed by atoms with E-state index in [9.17, 15) is 4.79 Å². The first-order valence-corrected chi connectivity index (χ1v) is 5.06. The summed E-state index contributed by atoms with van der Waals surface area (Å²) in [5.74, 6) is -0.722. The molecule has 0 spiro atoms. The van der Waals surface area contributed by atoms with Crippen LogP contribution in [0.1, 0.15) is 26.7 Å². The molecule has 0 amide bonds. The fourth-order valence-corrected chi connectivity index (χ4v) is 1.47. The van der Waals surface area contributed by atoms with Crippen LogP contribution in [-0.2, 0) is 9.53 Å². The molecule has 0 fully saturated rings. The van der Waals surface area contributed by atoms with Crippen molar-refractivity contribution in [2.24, 2.45) is 0 Å². The maximum atomic E-state index is 10.3. The van der Waals surface area contributed by atoms with Gasteiger partial charge in [0.2, 0.25) is 0 Å². The van der Waals surface area contributed by atoms with Crippen molar-refractivity contribution in [2.45, 2.75) is 32.7 Å². The standard InChI is InChI=1S/C10H21NO3/c1-4-11(9(2)8-14-3)7-5-6-10(12)13/h9H,4-8H2,1-3H3,(H,12,13). The van der Waals surface area contributed by atoms with Crippen LogP contribution in [0.5, 0.6) is 0 Å². The van der Waals surface area contributed by atoms with Crippen molar-refractivity contribution in [3.63, 3.8) is 0 Å². The van der Waals surface area contributed by atoms with E-state index in [0.717, 1.165) is 13.1 Å². The molecule has 0 saturated heterocycles. The van der Waals surface area contributed by atoms with Gasteiger partial charge in [-0.05, 0) is 26.4 Å². The number of hydrogen-bond donors (Lipinski definition) is 1. The van der Waals surface area contributed by atoms with E-state index in [0.29, 0.717) is 19.1 Å². The summed E-state index contributed by atoms with van der Waals surface area (Å²) in [5, 5.41) is 8.50. The zero-order valence-electron chi connectivity index (χ0n) is 9.32. The predicted octanol–water partition coefficient (Wildman–Crippen LogP) is 1.21. The lowest BCUT2D eigenvalue weighted by Crippen LogP contribution is -2.36. The number of carboxylic acids is 1. The quantitative estimate of drug-likeness (QED) is 0.644. The van der Waals surface area contributed by atoms with Crippen LogP contribution in [0.4, 0.5) is 0 Å². The van der Waals surface area contributed by atoms with Gasteiger partial charge in [-0.1, -0.05) is 6.92 Å². The van der Waals surface area contributed by atoms with Crippen molar-refractivity contribution in [1.82, 2.24) is 4.90 Å². The number of hydrogen-bond acceptors (Lipinski definition) is 3. The van der Waals surface area contributed by atoms with Crippen LogP contribution in [-0.4, -0.2) is 48.8 Å². The number of methoxy groups -OCH3 is 1. The predicted molar refractivity (Wildman–Crippen MR) is 55.5 cm³/mol. The first-order valence-electron chi connectivity index (χ1n) is 5.06. The SMILES string of the molecule is CCN(CCCC(=O)O)C(C)COC. The Hall–Kier alpha value is -0.610.